The number of nitrogens with two attached hydrogens (primary N) is 1. The van der Waals surface area contributed by atoms with Crippen LogP contribution in [0.25, 0.3) is 0 Å². The zero-order valence-corrected chi connectivity index (χ0v) is 17.9. The Morgan fingerprint density at radius 2 is 1.82 bits per heavy atom. The summed E-state index contributed by atoms with van der Waals surface area (Å²) in [6.07, 6.45) is 4.21. The molecule has 0 saturated heterocycles. The van der Waals surface area contributed by atoms with Gasteiger partial charge in [0, 0.05) is 17.6 Å². The molecular formula is C20H27BrN4O3. The molecule has 3 N–H and O–H groups in total. The van der Waals surface area contributed by atoms with Gasteiger partial charge in [-0.15, -0.1) is 0 Å². The first-order chi connectivity index (χ1) is 13.4. The summed E-state index contributed by atoms with van der Waals surface area (Å²) in [5.74, 6) is -0.305. The van der Waals surface area contributed by atoms with Gasteiger partial charge in [-0.1, -0.05) is 45.2 Å². The SMILES string of the molecule is CCCCCN(C(=O)c1ccccc1Br)c1c(N)n(CCCC)c(=O)[nH]c1=O. The van der Waals surface area contributed by atoms with Crippen LogP contribution in [0.2, 0.25) is 0 Å². The second-order valence-electron chi connectivity index (χ2n) is 6.64. The van der Waals surface area contributed by atoms with Crippen molar-refractivity contribution in [3.05, 3.63) is 55.1 Å². The molecular weight excluding hydrogens is 424 g/mol. The normalized spacial score (nSPS) is 10.8. The largest absolute Gasteiger partial charge is 0.383 e. The number of nitrogen functional groups attached to an aromatic ring is 1. The molecule has 152 valence electrons. The van der Waals surface area contributed by atoms with Gasteiger partial charge in [-0.05, 0) is 40.9 Å². The number of aromatic amines is 1. The maximum atomic E-state index is 13.3. The van der Waals surface area contributed by atoms with Crippen LogP contribution in [-0.2, 0) is 6.54 Å². The molecule has 0 unspecified atom stereocenters. The van der Waals surface area contributed by atoms with E-state index in [2.05, 4.69) is 27.8 Å². The minimum Gasteiger partial charge on any atom is -0.383 e. The van der Waals surface area contributed by atoms with Crippen molar-refractivity contribution in [3.8, 4) is 0 Å². The van der Waals surface area contributed by atoms with Gasteiger partial charge in [-0.25, -0.2) is 4.79 Å². The van der Waals surface area contributed by atoms with Gasteiger partial charge in [-0.2, -0.15) is 0 Å². The third-order valence-corrected chi connectivity index (χ3v) is 5.25. The molecule has 0 aliphatic rings. The van der Waals surface area contributed by atoms with Crippen LogP contribution in [0.1, 0.15) is 56.3 Å². The Morgan fingerprint density at radius 3 is 2.46 bits per heavy atom. The number of amides is 1. The van der Waals surface area contributed by atoms with Crippen LogP contribution in [0.5, 0.6) is 0 Å². The maximum Gasteiger partial charge on any atom is 0.330 e. The fourth-order valence-electron chi connectivity index (χ4n) is 2.99. The van der Waals surface area contributed by atoms with E-state index >= 15 is 0 Å². The quantitative estimate of drug-likeness (QED) is 0.570. The zero-order valence-electron chi connectivity index (χ0n) is 16.3. The molecule has 0 spiro atoms. The Morgan fingerprint density at radius 1 is 1.14 bits per heavy atom. The molecule has 1 aromatic heterocycles. The van der Waals surface area contributed by atoms with E-state index in [-0.39, 0.29) is 17.4 Å². The molecule has 28 heavy (non-hydrogen) atoms. The topological polar surface area (TPSA) is 101 Å². The molecule has 1 heterocycles. The van der Waals surface area contributed by atoms with Gasteiger partial charge in [0.2, 0.25) is 0 Å². The standard InChI is InChI=1S/C20H27BrN4O3/c1-3-5-9-13-24(19(27)14-10-7-8-11-15(14)21)16-17(22)25(12-6-4-2)20(28)23-18(16)26/h7-8,10-11H,3-6,9,12-13,22H2,1-2H3,(H,23,26,28). The minimum absolute atomic E-state index is 0.0269. The van der Waals surface area contributed by atoms with Gasteiger partial charge < -0.3 is 10.6 Å². The Bertz CT molecular complexity index is 936. The summed E-state index contributed by atoms with van der Waals surface area (Å²) in [6, 6.07) is 7.04. The number of carbonyl (C=O) groups excluding carboxylic acids is 1. The number of nitrogens with one attached hydrogen (secondary N) is 1. The fourth-order valence-corrected chi connectivity index (χ4v) is 3.45. The van der Waals surface area contributed by atoms with Gasteiger partial charge in [-0.3, -0.25) is 19.1 Å². The van der Waals surface area contributed by atoms with Crippen molar-refractivity contribution in [1.82, 2.24) is 9.55 Å². The summed E-state index contributed by atoms with van der Waals surface area (Å²) < 4.78 is 1.97. The van der Waals surface area contributed by atoms with E-state index in [1.54, 1.807) is 18.2 Å². The highest BCUT2D eigenvalue weighted by Crippen LogP contribution is 2.24. The minimum atomic E-state index is -0.646. The van der Waals surface area contributed by atoms with Gasteiger partial charge in [0.05, 0.1) is 5.56 Å². The first-order valence-corrected chi connectivity index (χ1v) is 10.4. The first kappa shape index (κ1) is 21.9. The molecule has 8 heteroatoms. The number of carbonyl (C=O) groups is 1. The van der Waals surface area contributed by atoms with Crippen molar-refractivity contribution in [2.45, 2.75) is 52.5 Å². The van der Waals surface area contributed by atoms with Crippen molar-refractivity contribution < 1.29 is 4.79 Å². The molecule has 7 nitrogen and oxygen atoms in total. The molecule has 0 saturated carbocycles. The lowest BCUT2D eigenvalue weighted by Gasteiger charge is -2.25. The predicted molar refractivity (Wildman–Crippen MR) is 116 cm³/mol. The summed E-state index contributed by atoms with van der Waals surface area (Å²) in [4.78, 5) is 41.8. The summed E-state index contributed by atoms with van der Waals surface area (Å²) in [6.45, 7) is 4.79. The van der Waals surface area contributed by atoms with Crippen molar-refractivity contribution >= 4 is 33.3 Å². The number of halogens is 1. The van der Waals surface area contributed by atoms with Crippen LogP contribution in [-0.4, -0.2) is 22.0 Å². The van der Waals surface area contributed by atoms with Gasteiger partial charge >= 0.3 is 5.69 Å². The number of unbranched alkanes of at least 4 members (excludes halogenated alkanes) is 3. The number of anilines is 2. The van der Waals surface area contributed by atoms with Crippen molar-refractivity contribution in [2.75, 3.05) is 17.2 Å². The van der Waals surface area contributed by atoms with E-state index in [0.29, 0.717) is 23.1 Å². The van der Waals surface area contributed by atoms with Crippen molar-refractivity contribution in [1.29, 1.82) is 0 Å². The van der Waals surface area contributed by atoms with Gasteiger partial charge in [0.25, 0.3) is 11.5 Å². The third-order valence-electron chi connectivity index (χ3n) is 4.55. The fraction of sp³-hybridized carbons (Fsp3) is 0.450. The summed E-state index contributed by atoms with van der Waals surface area (Å²) in [5, 5.41) is 0. The first-order valence-electron chi connectivity index (χ1n) is 9.61. The molecule has 0 atom stereocenters. The second kappa shape index (κ2) is 10.3. The average molecular weight is 451 g/mol. The van der Waals surface area contributed by atoms with E-state index in [1.807, 2.05) is 13.0 Å². The van der Waals surface area contributed by atoms with Crippen LogP contribution < -0.4 is 21.9 Å². The van der Waals surface area contributed by atoms with Gasteiger partial charge in [0.15, 0.2) is 5.69 Å². The van der Waals surface area contributed by atoms with E-state index in [4.69, 9.17) is 5.73 Å². The van der Waals surface area contributed by atoms with Crippen LogP contribution >= 0.6 is 15.9 Å². The number of hydrogen-bond acceptors (Lipinski definition) is 4. The van der Waals surface area contributed by atoms with E-state index in [1.165, 1.54) is 9.47 Å². The summed E-state index contributed by atoms with van der Waals surface area (Å²) >= 11 is 3.40. The van der Waals surface area contributed by atoms with Crippen LogP contribution in [0.15, 0.2) is 38.3 Å². The molecule has 0 bridgehead atoms. The number of H-pyrrole nitrogens is 1. The number of hydrogen-bond donors (Lipinski definition) is 2. The zero-order chi connectivity index (χ0) is 20.7. The van der Waals surface area contributed by atoms with Gasteiger partial charge in [0.1, 0.15) is 5.82 Å². The van der Waals surface area contributed by atoms with E-state index in [0.717, 1.165) is 32.1 Å². The Balaban J connectivity index is 2.57. The van der Waals surface area contributed by atoms with Crippen LogP contribution in [0.3, 0.4) is 0 Å². The third kappa shape index (κ3) is 4.92. The predicted octanol–water partition coefficient (Wildman–Crippen LogP) is 3.52. The highest BCUT2D eigenvalue weighted by Gasteiger charge is 2.26. The molecule has 0 aliphatic carbocycles. The molecule has 1 aromatic carbocycles. The van der Waals surface area contributed by atoms with Crippen LogP contribution in [0.4, 0.5) is 11.5 Å². The number of benzene rings is 1. The summed E-state index contributed by atoms with van der Waals surface area (Å²) in [5.41, 5.74) is 5.49. The second-order valence-corrected chi connectivity index (χ2v) is 7.50. The molecule has 1 amide bonds. The molecule has 2 aromatic rings. The highest BCUT2D eigenvalue weighted by molar-refractivity contribution is 9.10. The number of nitrogens with zero attached hydrogens (tertiary/aromatic N) is 2. The Hall–Kier alpha value is -2.35. The highest BCUT2D eigenvalue weighted by atomic mass is 79.9. The Labute approximate surface area is 172 Å². The van der Waals surface area contributed by atoms with Crippen molar-refractivity contribution in [2.24, 2.45) is 0 Å². The smallest absolute Gasteiger partial charge is 0.330 e. The lowest BCUT2D eigenvalue weighted by molar-refractivity contribution is 0.0985. The lowest BCUT2D eigenvalue weighted by Crippen LogP contribution is -2.41. The average Bonchev–Trinajstić information content (AvgIpc) is 2.66. The Kier molecular flexibility index (Phi) is 8.04. The number of aromatic nitrogens is 2. The molecule has 0 fully saturated rings. The van der Waals surface area contributed by atoms with E-state index < -0.39 is 11.2 Å². The molecule has 2 rings (SSSR count). The van der Waals surface area contributed by atoms with E-state index in [9.17, 15) is 14.4 Å². The van der Waals surface area contributed by atoms with Crippen molar-refractivity contribution in [3.63, 3.8) is 0 Å². The molecule has 0 radical (unpaired) electrons. The molecule has 0 aliphatic heterocycles. The monoisotopic (exact) mass is 450 g/mol. The van der Waals surface area contributed by atoms with Crippen LogP contribution in [0, 0.1) is 0 Å². The lowest BCUT2D eigenvalue weighted by atomic mass is 10.1. The number of rotatable bonds is 9. The summed E-state index contributed by atoms with van der Waals surface area (Å²) in [7, 11) is 0. The maximum absolute atomic E-state index is 13.3.